The molecule has 1 N–H and O–H groups in total. The van der Waals surface area contributed by atoms with Gasteiger partial charge in [0.15, 0.2) is 11.6 Å². The van der Waals surface area contributed by atoms with E-state index in [-0.39, 0.29) is 0 Å². The van der Waals surface area contributed by atoms with Crippen molar-refractivity contribution in [1.29, 1.82) is 5.26 Å². The normalized spacial score (nSPS) is 13.8. The summed E-state index contributed by atoms with van der Waals surface area (Å²) in [5.41, 5.74) is 4.98. The Morgan fingerprint density at radius 1 is 1.24 bits per heavy atom. The summed E-state index contributed by atoms with van der Waals surface area (Å²) >= 11 is 0. The van der Waals surface area contributed by atoms with Crippen molar-refractivity contribution < 1.29 is 0 Å². The molecule has 1 aliphatic rings. The standard InChI is InChI=1S/C22H21N7/c1-2-20-25-17-8-4-6-10-19(17)29(20)14-24-21-16(13-23)22(27-26-21)28-12-11-15-7-3-5-9-18(15)28/h4,6,8,10-12,14H,2-3,5,7,9H2,1H3,(H,26,27)/b24-14+. The third kappa shape index (κ3) is 2.85. The highest BCUT2D eigenvalue weighted by atomic mass is 15.3. The fourth-order valence-corrected chi connectivity index (χ4v) is 4.10. The summed E-state index contributed by atoms with van der Waals surface area (Å²) in [6, 6.07) is 12.4. The summed E-state index contributed by atoms with van der Waals surface area (Å²) in [4.78, 5) is 9.22. The minimum Gasteiger partial charge on any atom is -0.303 e. The molecule has 29 heavy (non-hydrogen) atoms. The lowest BCUT2D eigenvalue weighted by Crippen LogP contribution is -2.07. The summed E-state index contributed by atoms with van der Waals surface area (Å²) in [5, 5.41) is 17.2. The molecular formula is C22H21N7. The number of nitrogens with one attached hydrogen (secondary N) is 1. The molecule has 0 aliphatic heterocycles. The van der Waals surface area contributed by atoms with Gasteiger partial charge in [-0.25, -0.2) is 9.98 Å². The number of aromatic nitrogens is 5. The van der Waals surface area contributed by atoms with Crippen molar-refractivity contribution in [3.8, 4) is 11.9 Å². The van der Waals surface area contributed by atoms with E-state index in [4.69, 9.17) is 0 Å². The molecule has 0 saturated heterocycles. The number of hydrogen-bond donors (Lipinski definition) is 1. The fourth-order valence-electron chi connectivity index (χ4n) is 4.10. The highest BCUT2D eigenvalue weighted by molar-refractivity contribution is 5.84. The predicted molar refractivity (Wildman–Crippen MR) is 112 cm³/mol. The summed E-state index contributed by atoms with van der Waals surface area (Å²) in [5.74, 6) is 2.00. The smallest absolute Gasteiger partial charge is 0.179 e. The van der Waals surface area contributed by atoms with E-state index in [0.717, 1.165) is 36.1 Å². The molecule has 1 aromatic carbocycles. The van der Waals surface area contributed by atoms with Crippen LogP contribution in [0.1, 0.15) is 42.4 Å². The van der Waals surface area contributed by atoms with Gasteiger partial charge < -0.3 is 4.57 Å². The first-order valence-electron chi connectivity index (χ1n) is 9.98. The molecule has 1 aliphatic carbocycles. The third-order valence-corrected chi connectivity index (χ3v) is 5.55. The van der Waals surface area contributed by atoms with E-state index in [1.807, 2.05) is 39.6 Å². The Balaban J connectivity index is 1.56. The molecule has 0 radical (unpaired) electrons. The largest absolute Gasteiger partial charge is 0.303 e. The lowest BCUT2D eigenvalue weighted by atomic mass is 9.98. The van der Waals surface area contributed by atoms with Gasteiger partial charge >= 0.3 is 0 Å². The Kier molecular flexibility index (Phi) is 4.24. The van der Waals surface area contributed by atoms with Gasteiger partial charge in [0.2, 0.25) is 0 Å². The van der Waals surface area contributed by atoms with E-state index in [9.17, 15) is 5.26 Å². The first kappa shape index (κ1) is 17.4. The zero-order valence-electron chi connectivity index (χ0n) is 16.3. The lowest BCUT2D eigenvalue weighted by Gasteiger charge is -2.14. The van der Waals surface area contributed by atoms with Crippen LogP contribution in [-0.4, -0.2) is 30.7 Å². The Morgan fingerprint density at radius 2 is 2.10 bits per heavy atom. The molecule has 144 valence electrons. The quantitative estimate of drug-likeness (QED) is 0.426. The van der Waals surface area contributed by atoms with Crippen molar-refractivity contribution in [2.75, 3.05) is 0 Å². The number of fused-ring (bicyclic) bond motifs is 2. The second kappa shape index (κ2) is 7.06. The number of aliphatic imine (C=N–C) groups is 1. The molecule has 3 heterocycles. The number of benzene rings is 1. The zero-order chi connectivity index (χ0) is 19.8. The number of nitriles is 1. The average molecular weight is 383 g/mol. The van der Waals surface area contributed by atoms with Gasteiger partial charge in [-0.05, 0) is 49.4 Å². The van der Waals surface area contributed by atoms with Crippen LogP contribution in [0.15, 0.2) is 41.5 Å². The molecule has 0 saturated carbocycles. The van der Waals surface area contributed by atoms with Crippen molar-refractivity contribution >= 4 is 23.2 Å². The molecule has 4 aromatic rings. The number of H-pyrrole nitrogens is 1. The van der Waals surface area contributed by atoms with Crippen molar-refractivity contribution in [2.45, 2.75) is 39.0 Å². The number of aryl methyl sites for hydroxylation is 2. The first-order valence-corrected chi connectivity index (χ1v) is 9.98. The van der Waals surface area contributed by atoms with Crippen LogP contribution in [-0.2, 0) is 19.3 Å². The first-order chi connectivity index (χ1) is 14.3. The Labute approximate surface area is 168 Å². The van der Waals surface area contributed by atoms with Crippen molar-refractivity contribution in [2.24, 2.45) is 4.99 Å². The summed E-state index contributed by atoms with van der Waals surface area (Å²) in [6.45, 7) is 2.07. The summed E-state index contributed by atoms with van der Waals surface area (Å²) < 4.78 is 4.00. The van der Waals surface area contributed by atoms with Gasteiger partial charge in [0, 0.05) is 18.3 Å². The number of para-hydroxylation sites is 2. The van der Waals surface area contributed by atoms with Crippen LogP contribution in [0.5, 0.6) is 0 Å². The Morgan fingerprint density at radius 3 is 2.97 bits per heavy atom. The van der Waals surface area contributed by atoms with Gasteiger partial charge in [-0.3, -0.25) is 9.67 Å². The molecular weight excluding hydrogens is 362 g/mol. The maximum absolute atomic E-state index is 9.80. The van der Waals surface area contributed by atoms with E-state index in [2.05, 4.69) is 39.2 Å². The van der Waals surface area contributed by atoms with E-state index < -0.39 is 0 Å². The van der Waals surface area contributed by atoms with Gasteiger partial charge in [0.05, 0.1) is 11.0 Å². The van der Waals surface area contributed by atoms with Crippen molar-refractivity contribution in [3.05, 3.63) is 59.2 Å². The highest BCUT2D eigenvalue weighted by Crippen LogP contribution is 2.28. The molecule has 0 spiro atoms. The van der Waals surface area contributed by atoms with Crippen LogP contribution in [0.3, 0.4) is 0 Å². The van der Waals surface area contributed by atoms with Crippen LogP contribution < -0.4 is 0 Å². The zero-order valence-corrected chi connectivity index (χ0v) is 16.3. The van der Waals surface area contributed by atoms with E-state index >= 15 is 0 Å². The number of aromatic amines is 1. The number of hydrogen-bond acceptors (Lipinski definition) is 4. The Bertz CT molecular complexity index is 1260. The maximum Gasteiger partial charge on any atom is 0.179 e. The number of imidazole rings is 1. The number of nitrogens with zero attached hydrogens (tertiary/aromatic N) is 6. The molecule has 0 bridgehead atoms. The number of rotatable bonds is 4. The third-order valence-electron chi connectivity index (χ3n) is 5.55. The predicted octanol–water partition coefficient (Wildman–Crippen LogP) is 4.07. The van der Waals surface area contributed by atoms with Crippen LogP contribution in [0.25, 0.3) is 16.9 Å². The maximum atomic E-state index is 9.80. The summed E-state index contributed by atoms with van der Waals surface area (Å²) in [6.07, 6.45) is 9.01. The van der Waals surface area contributed by atoms with Gasteiger partial charge in [-0.1, -0.05) is 19.1 Å². The molecule has 7 heteroatoms. The SMILES string of the molecule is CCc1nc2ccccc2n1/C=N/c1[nH]nc(-n2ccc3c2CCCC3)c1C#N. The second-order valence-corrected chi connectivity index (χ2v) is 7.23. The fraction of sp³-hybridized carbons (Fsp3) is 0.273. The second-order valence-electron chi connectivity index (χ2n) is 7.23. The van der Waals surface area contributed by atoms with Crippen LogP contribution in [0.4, 0.5) is 5.82 Å². The molecule has 5 rings (SSSR count). The minimum absolute atomic E-state index is 0.452. The molecule has 0 amide bonds. The van der Waals surface area contributed by atoms with Crippen LogP contribution in [0, 0.1) is 11.3 Å². The van der Waals surface area contributed by atoms with Crippen LogP contribution in [0.2, 0.25) is 0 Å². The van der Waals surface area contributed by atoms with Crippen molar-refractivity contribution in [3.63, 3.8) is 0 Å². The lowest BCUT2D eigenvalue weighted by molar-refractivity contribution is 0.660. The Hall–Kier alpha value is -3.66. The minimum atomic E-state index is 0.452. The van der Waals surface area contributed by atoms with Gasteiger partial charge in [-0.15, -0.1) is 0 Å². The van der Waals surface area contributed by atoms with E-state index in [0.29, 0.717) is 17.2 Å². The van der Waals surface area contributed by atoms with Crippen molar-refractivity contribution in [1.82, 2.24) is 24.3 Å². The topological polar surface area (TPSA) is 87.6 Å². The van der Waals surface area contributed by atoms with Crippen LogP contribution >= 0.6 is 0 Å². The van der Waals surface area contributed by atoms with E-state index in [1.165, 1.54) is 24.1 Å². The van der Waals surface area contributed by atoms with Gasteiger partial charge in [0.25, 0.3) is 0 Å². The molecule has 0 fully saturated rings. The molecule has 0 unspecified atom stereocenters. The summed E-state index contributed by atoms with van der Waals surface area (Å²) in [7, 11) is 0. The van der Waals surface area contributed by atoms with Gasteiger partial charge in [0.1, 0.15) is 23.8 Å². The highest BCUT2D eigenvalue weighted by Gasteiger charge is 2.20. The van der Waals surface area contributed by atoms with Gasteiger partial charge in [-0.2, -0.15) is 10.4 Å². The molecule has 0 atom stereocenters. The van der Waals surface area contributed by atoms with E-state index in [1.54, 1.807) is 6.34 Å². The average Bonchev–Trinajstić information content (AvgIpc) is 3.46. The molecule has 3 aromatic heterocycles. The monoisotopic (exact) mass is 383 g/mol. The molecule has 7 nitrogen and oxygen atoms in total.